The zero-order chi connectivity index (χ0) is 23.4. The molecule has 33 heavy (non-hydrogen) atoms. The molecule has 168 valence electrons. The molecule has 1 amide bonds. The molecule has 0 spiro atoms. The van der Waals surface area contributed by atoms with Crippen molar-refractivity contribution < 1.29 is 14.7 Å². The van der Waals surface area contributed by atoms with Gasteiger partial charge in [-0.1, -0.05) is 54.6 Å². The van der Waals surface area contributed by atoms with Gasteiger partial charge in [-0.3, -0.25) is 9.59 Å². The van der Waals surface area contributed by atoms with Gasteiger partial charge in [-0.05, 0) is 55.7 Å². The van der Waals surface area contributed by atoms with Gasteiger partial charge in [-0.15, -0.1) is 0 Å². The highest BCUT2D eigenvalue weighted by Gasteiger charge is 2.31. The van der Waals surface area contributed by atoms with Crippen LogP contribution in [0.4, 0.5) is 5.69 Å². The molecule has 0 aliphatic carbocycles. The second-order valence-corrected chi connectivity index (χ2v) is 8.07. The van der Waals surface area contributed by atoms with Gasteiger partial charge in [0.2, 0.25) is 5.91 Å². The number of carboxylic acids is 1. The van der Waals surface area contributed by atoms with Gasteiger partial charge in [0.1, 0.15) is 11.7 Å². The Morgan fingerprint density at radius 3 is 2.39 bits per heavy atom. The fourth-order valence-corrected chi connectivity index (χ4v) is 4.21. The van der Waals surface area contributed by atoms with Crippen LogP contribution >= 0.6 is 0 Å². The molecule has 1 atom stereocenters. The van der Waals surface area contributed by atoms with E-state index in [1.165, 1.54) is 4.90 Å². The van der Waals surface area contributed by atoms with Crippen molar-refractivity contribution in [2.45, 2.75) is 26.8 Å². The van der Waals surface area contributed by atoms with E-state index in [-0.39, 0.29) is 6.42 Å². The van der Waals surface area contributed by atoms with E-state index in [2.05, 4.69) is 9.55 Å². The standard InChI is InChI=1S/C27H27N3O3/c1-3-29(22-12-5-4-6-13-22)26(31)23(27(32)33)17-20-10-9-11-21(16-20)18-30-19(2)28-24-14-7-8-15-25(24)30/h4-16,23H,3,17-18H2,1-2H3,(H,32,33). The Bertz CT molecular complexity index is 1280. The maximum Gasteiger partial charge on any atom is 0.316 e. The molecule has 0 saturated carbocycles. The lowest BCUT2D eigenvalue weighted by atomic mass is 9.96. The van der Waals surface area contributed by atoms with Gasteiger partial charge in [0, 0.05) is 18.8 Å². The lowest BCUT2D eigenvalue weighted by molar-refractivity contribution is -0.146. The summed E-state index contributed by atoms with van der Waals surface area (Å²) in [5, 5.41) is 9.87. The molecule has 6 nitrogen and oxygen atoms in total. The van der Waals surface area contributed by atoms with E-state index in [1.54, 1.807) is 0 Å². The zero-order valence-electron chi connectivity index (χ0n) is 18.8. The van der Waals surface area contributed by atoms with Crippen LogP contribution in [-0.2, 0) is 22.6 Å². The molecule has 1 N–H and O–H groups in total. The molecular formula is C27H27N3O3. The van der Waals surface area contributed by atoms with E-state index in [0.29, 0.717) is 18.8 Å². The van der Waals surface area contributed by atoms with Gasteiger partial charge in [0.15, 0.2) is 0 Å². The lowest BCUT2D eigenvalue weighted by Gasteiger charge is -2.24. The number of aliphatic carboxylic acids is 1. The molecule has 0 bridgehead atoms. The topological polar surface area (TPSA) is 75.4 Å². The number of aryl methyl sites for hydroxylation is 1. The molecule has 1 unspecified atom stereocenters. The first-order valence-electron chi connectivity index (χ1n) is 11.1. The Morgan fingerprint density at radius 1 is 0.970 bits per heavy atom. The highest BCUT2D eigenvalue weighted by atomic mass is 16.4. The number of hydrogen-bond acceptors (Lipinski definition) is 3. The second-order valence-electron chi connectivity index (χ2n) is 8.07. The Labute approximate surface area is 193 Å². The van der Waals surface area contributed by atoms with Crippen LogP contribution in [0.25, 0.3) is 11.0 Å². The van der Waals surface area contributed by atoms with Crippen molar-refractivity contribution in [1.29, 1.82) is 0 Å². The lowest BCUT2D eigenvalue weighted by Crippen LogP contribution is -2.40. The predicted molar refractivity (Wildman–Crippen MR) is 129 cm³/mol. The molecule has 4 aromatic rings. The number of hydrogen-bond donors (Lipinski definition) is 1. The minimum absolute atomic E-state index is 0.134. The normalized spacial score (nSPS) is 11.9. The van der Waals surface area contributed by atoms with Crippen LogP contribution in [0.3, 0.4) is 0 Å². The summed E-state index contributed by atoms with van der Waals surface area (Å²) < 4.78 is 2.14. The van der Waals surface area contributed by atoms with Crippen molar-refractivity contribution >= 4 is 28.6 Å². The number of amides is 1. The number of nitrogens with zero attached hydrogens (tertiary/aromatic N) is 3. The molecule has 6 heteroatoms. The summed E-state index contributed by atoms with van der Waals surface area (Å²) in [6.07, 6.45) is 0.134. The van der Waals surface area contributed by atoms with Crippen LogP contribution < -0.4 is 4.90 Å². The van der Waals surface area contributed by atoms with Crippen molar-refractivity contribution in [3.63, 3.8) is 0 Å². The number of imidazole rings is 1. The molecule has 4 rings (SSSR count). The highest BCUT2D eigenvalue weighted by molar-refractivity contribution is 6.05. The van der Waals surface area contributed by atoms with Gasteiger partial charge in [0.25, 0.3) is 0 Å². The third-order valence-electron chi connectivity index (χ3n) is 5.86. The molecule has 0 aliphatic heterocycles. The van der Waals surface area contributed by atoms with Crippen LogP contribution in [0.15, 0.2) is 78.9 Å². The van der Waals surface area contributed by atoms with Crippen molar-refractivity contribution in [3.8, 4) is 0 Å². The van der Waals surface area contributed by atoms with E-state index in [0.717, 1.165) is 28.0 Å². The Balaban J connectivity index is 1.57. The fraction of sp³-hybridized carbons (Fsp3) is 0.222. The maximum atomic E-state index is 13.2. The van der Waals surface area contributed by atoms with E-state index < -0.39 is 17.8 Å². The summed E-state index contributed by atoms with van der Waals surface area (Å²) in [5.74, 6) is -1.76. The van der Waals surface area contributed by atoms with Crippen LogP contribution in [0.1, 0.15) is 23.9 Å². The molecule has 1 heterocycles. The summed E-state index contributed by atoms with van der Waals surface area (Å²) in [7, 11) is 0. The summed E-state index contributed by atoms with van der Waals surface area (Å²) in [6.45, 7) is 4.85. The van der Waals surface area contributed by atoms with Crippen molar-refractivity contribution in [2.24, 2.45) is 5.92 Å². The minimum Gasteiger partial charge on any atom is -0.481 e. The van der Waals surface area contributed by atoms with E-state index in [1.807, 2.05) is 92.7 Å². The summed E-state index contributed by atoms with van der Waals surface area (Å²) in [4.78, 5) is 31.4. The van der Waals surface area contributed by atoms with E-state index >= 15 is 0 Å². The number of carbonyl (C=O) groups excluding carboxylic acids is 1. The second kappa shape index (κ2) is 9.69. The number of carboxylic acid groups (broad SMARTS) is 1. The van der Waals surface area contributed by atoms with Crippen LogP contribution in [-0.4, -0.2) is 33.1 Å². The van der Waals surface area contributed by atoms with Gasteiger partial charge in [-0.25, -0.2) is 4.98 Å². The number of benzene rings is 3. The van der Waals surface area contributed by atoms with Gasteiger partial charge in [0.05, 0.1) is 11.0 Å². The largest absolute Gasteiger partial charge is 0.481 e. The molecule has 0 fully saturated rings. The molecule has 0 radical (unpaired) electrons. The number of rotatable bonds is 8. The number of carbonyl (C=O) groups is 2. The zero-order valence-corrected chi connectivity index (χ0v) is 18.8. The quantitative estimate of drug-likeness (QED) is 0.403. The fourth-order valence-electron chi connectivity index (χ4n) is 4.21. The average molecular weight is 442 g/mol. The Morgan fingerprint density at radius 2 is 1.67 bits per heavy atom. The molecule has 3 aromatic carbocycles. The minimum atomic E-state index is -1.16. The molecular weight excluding hydrogens is 414 g/mol. The predicted octanol–water partition coefficient (Wildman–Crippen LogP) is 4.69. The first-order chi connectivity index (χ1) is 16.0. The summed E-state index contributed by atoms with van der Waals surface area (Å²) in [6, 6.07) is 25.0. The maximum absolute atomic E-state index is 13.2. The van der Waals surface area contributed by atoms with E-state index in [4.69, 9.17) is 0 Å². The Hall–Kier alpha value is -3.93. The SMILES string of the molecule is CCN(C(=O)C(Cc1cccc(Cn2c(C)nc3ccccc32)c1)C(=O)O)c1ccccc1. The van der Waals surface area contributed by atoms with Gasteiger partial charge in [-0.2, -0.15) is 0 Å². The third-order valence-corrected chi connectivity index (χ3v) is 5.86. The first kappa shape index (κ1) is 22.3. The van der Waals surface area contributed by atoms with Gasteiger partial charge < -0.3 is 14.6 Å². The smallest absolute Gasteiger partial charge is 0.316 e. The van der Waals surface area contributed by atoms with Crippen LogP contribution in [0.2, 0.25) is 0 Å². The van der Waals surface area contributed by atoms with Crippen molar-refractivity contribution in [1.82, 2.24) is 9.55 Å². The first-order valence-corrected chi connectivity index (χ1v) is 11.1. The van der Waals surface area contributed by atoms with Crippen LogP contribution in [0.5, 0.6) is 0 Å². The molecule has 0 saturated heterocycles. The van der Waals surface area contributed by atoms with Crippen molar-refractivity contribution in [3.05, 3.63) is 95.8 Å². The molecule has 1 aromatic heterocycles. The molecule has 0 aliphatic rings. The monoisotopic (exact) mass is 441 g/mol. The third kappa shape index (κ3) is 4.80. The number of para-hydroxylation sites is 3. The highest BCUT2D eigenvalue weighted by Crippen LogP contribution is 2.21. The number of fused-ring (bicyclic) bond motifs is 1. The number of aromatic nitrogens is 2. The van der Waals surface area contributed by atoms with Crippen LogP contribution in [0, 0.1) is 12.8 Å². The Kier molecular flexibility index (Phi) is 6.54. The van der Waals surface area contributed by atoms with Gasteiger partial charge >= 0.3 is 5.97 Å². The summed E-state index contributed by atoms with van der Waals surface area (Å²) in [5.41, 5.74) is 4.56. The average Bonchev–Trinajstić information content (AvgIpc) is 3.13. The van der Waals surface area contributed by atoms with E-state index in [9.17, 15) is 14.7 Å². The van der Waals surface area contributed by atoms with Crippen molar-refractivity contribution in [2.75, 3.05) is 11.4 Å². The number of anilines is 1. The summed E-state index contributed by atoms with van der Waals surface area (Å²) >= 11 is 0.